The van der Waals surface area contributed by atoms with Gasteiger partial charge in [-0.15, -0.1) is 0 Å². The topological polar surface area (TPSA) is 63.4 Å². The number of carbonyl (C=O) groups excluding carboxylic acids is 1. The summed E-state index contributed by atoms with van der Waals surface area (Å²) < 4.78 is 0.228. The van der Waals surface area contributed by atoms with Crippen molar-refractivity contribution < 1.29 is 9.72 Å². The normalized spacial score (nSPS) is 18.1. The highest BCUT2D eigenvalue weighted by atomic mass is 32.2. The molecule has 0 saturated carbocycles. The summed E-state index contributed by atoms with van der Waals surface area (Å²) in [5, 5.41) is 10.9. The van der Waals surface area contributed by atoms with Gasteiger partial charge in [-0.3, -0.25) is 14.9 Å². The second-order valence-corrected chi connectivity index (χ2v) is 7.66. The molecule has 0 spiro atoms. The van der Waals surface area contributed by atoms with Crippen LogP contribution in [0.15, 0.2) is 18.2 Å². The molecule has 0 bridgehead atoms. The van der Waals surface area contributed by atoms with E-state index in [1.54, 1.807) is 6.07 Å². The number of thioether (sulfide) groups is 1. The van der Waals surface area contributed by atoms with Crippen LogP contribution in [0.3, 0.4) is 0 Å². The van der Waals surface area contributed by atoms with Crippen LogP contribution in [0.25, 0.3) is 0 Å². The summed E-state index contributed by atoms with van der Waals surface area (Å²) >= 11 is 1.93. The summed E-state index contributed by atoms with van der Waals surface area (Å²) in [6.07, 6.45) is 1.02. The summed E-state index contributed by atoms with van der Waals surface area (Å²) in [5.41, 5.74) is 1.22. The van der Waals surface area contributed by atoms with Crippen molar-refractivity contribution in [3.63, 3.8) is 0 Å². The molecule has 0 radical (unpaired) electrons. The van der Waals surface area contributed by atoms with Crippen LogP contribution in [0.5, 0.6) is 0 Å². The molecule has 1 aromatic rings. The molecule has 5 nitrogen and oxygen atoms in total. The maximum absolute atomic E-state index is 11.8. The van der Waals surface area contributed by atoms with Crippen molar-refractivity contribution in [1.29, 1.82) is 0 Å². The van der Waals surface area contributed by atoms with E-state index in [-0.39, 0.29) is 16.2 Å². The third-order valence-corrected chi connectivity index (χ3v) is 5.12. The lowest BCUT2D eigenvalue weighted by Crippen LogP contribution is -2.28. The van der Waals surface area contributed by atoms with E-state index >= 15 is 0 Å². The van der Waals surface area contributed by atoms with E-state index in [9.17, 15) is 14.9 Å². The number of nitrogens with zero attached hydrogens (tertiary/aromatic N) is 2. The third-order valence-electron chi connectivity index (χ3n) is 3.75. The van der Waals surface area contributed by atoms with E-state index in [1.165, 1.54) is 19.1 Å². The molecule has 1 aliphatic heterocycles. The minimum Gasteiger partial charge on any atom is -0.370 e. The molecule has 1 fully saturated rings. The Kier molecular flexibility index (Phi) is 4.56. The van der Waals surface area contributed by atoms with Crippen LogP contribution in [0, 0.1) is 10.1 Å². The Morgan fingerprint density at radius 1 is 1.38 bits per heavy atom. The van der Waals surface area contributed by atoms with Gasteiger partial charge >= 0.3 is 0 Å². The monoisotopic (exact) mass is 308 g/mol. The summed E-state index contributed by atoms with van der Waals surface area (Å²) in [6.45, 7) is 7.62. The lowest BCUT2D eigenvalue weighted by molar-refractivity contribution is -0.384. The van der Waals surface area contributed by atoms with Crippen molar-refractivity contribution >= 4 is 28.9 Å². The van der Waals surface area contributed by atoms with Crippen molar-refractivity contribution in [1.82, 2.24) is 0 Å². The molecule has 0 atom stereocenters. The fourth-order valence-electron chi connectivity index (χ4n) is 2.46. The number of anilines is 1. The van der Waals surface area contributed by atoms with Crippen molar-refractivity contribution in [3.05, 3.63) is 33.9 Å². The van der Waals surface area contributed by atoms with Gasteiger partial charge in [-0.25, -0.2) is 0 Å². The molecule has 0 unspecified atom stereocenters. The molecule has 6 heteroatoms. The largest absolute Gasteiger partial charge is 0.370 e. The Labute approximate surface area is 128 Å². The fourth-order valence-corrected chi connectivity index (χ4v) is 3.56. The second-order valence-electron chi connectivity index (χ2n) is 5.86. The molecule has 0 aliphatic carbocycles. The van der Waals surface area contributed by atoms with E-state index in [0.29, 0.717) is 5.56 Å². The molecule has 0 aromatic heterocycles. The number of hydrogen-bond acceptors (Lipinski definition) is 5. The Morgan fingerprint density at radius 2 is 2.10 bits per heavy atom. The van der Waals surface area contributed by atoms with Gasteiger partial charge in [0.05, 0.1) is 4.92 Å². The number of Topliss-reactive ketones (excluding diaryl/α,β-unsaturated/α-hetero) is 1. The highest BCUT2D eigenvalue weighted by molar-refractivity contribution is 8.00. The van der Waals surface area contributed by atoms with E-state index in [4.69, 9.17) is 0 Å². The van der Waals surface area contributed by atoms with Crippen molar-refractivity contribution in [2.75, 3.05) is 23.7 Å². The van der Waals surface area contributed by atoms with Crippen LogP contribution < -0.4 is 4.90 Å². The average Bonchev–Trinajstić information content (AvgIpc) is 2.59. The van der Waals surface area contributed by atoms with Crippen LogP contribution in [-0.2, 0) is 0 Å². The highest BCUT2D eigenvalue weighted by Crippen LogP contribution is 2.34. The van der Waals surface area contributed by atoms with Gasteiger partial charge in [0.2, 0.25) is 0 Å². The Bertz CT molecular complexity index is 572. The lowest BCUT2D eigenvalue weighted by Gasteiger charge is -2.25. The van der Waals surface area contributed by atoms with Crippen molar-refractivity contribution in [2.45, 2.75) is 31.9 Å². The Hall–Kier alpha value is -1.56. The smallest absolute Gasteiger partial charge is 0.270 e. The molecule has 21 heavy (non-hydrogen) atoms. The van der Waals surface area contributed by atoms with E-state index in [0.717, 1.165) is 31.0 Å². The van der Waals surface area contributed by atoms with E-state index in [2.05, 4.69) is 18.7 Å². The molecule has 114 valence electrons. The standard InChI is InChI=1S/C15H20N2O3S/c1-11(18)13-10-12(17(19)20)4-5-14(13)16-7-6-15(2,3)21-9-8-16/h4-5,10H,6-9H2,1-3H3. The van der Waals surface area contributed by atoms with Gasteiger partial charge in [0.15, 0.2) is 5.78 Å². The zero-order valence-electron chi connectivity index (χ0n) is 12.6. The summed E-state index contributed by atoms with van der Waals surface area (Å²) in [6, 6.07) is 4.57. The van der Waals surface area contributed by atoms with Gasteiger partial charge in [-0.2, -0.15) is 11.8 Å². The molecule has 0 amide bonds. The van der Waals surface area contributed by atoms with Gasteiger partial charge in [0.1, 0.15) is 0 Å². The molecular weight excluding hydrogens is 288 g/mol. The van der Waals surface area contributed by atoms with Crippen LogP contribution in [0.2, 0.25) is 0 Å². The summed E-state index contributed by atoms with van der Waals surface area (Å²) in [5.74, 6) is 0.853. The van der Waals surface area contributed by atoms with Crippen LogP contribution in [-0.4, -0.2) is 34.3 Å². The number of nitro groups is 1. The zero-order valence-corrected chi connectivity index (χ0v) is 13.4. The lowest BCUT2D eigenvalue weighted by atomic mass is 10.1. The van der Waals surface area contributed by atoms with E-state index < -0.39 is 4.92 Å². The SMILES string of the molecule is CC(=O)c1cc([N+](=O)[O-])ccc1N1CCSC(C)(C)CC1. The molecule has 1 saturated heterocycles. The van der Waals surface area contributed by atoms with Gasteiger partial charge in [0.25, 0.3) is 5.69 Å². The van der Waals surface area contributed by atoms with Crippen molar-refractivity contribution in [2.24, 2.45) is 0 Å². The highest BCUT2D eigenvalue weighted by Gasteiger charge is 2.26. The van der Waals surface area contributed by atoms with Crippen LogP contribution >= 0.6 is 11.8 Å². The number of rotatable bonds is 3. The molecule has 1 aliphatic rings. The maximum atomic E-state index is 11.8. The Morgan fingerprint density at radius 3 is 2.71 bits per heavy atom. The second kappa shape index (κ2) is 6.05. The number of carbonyl (C=O) groups is 1. The minimum absolute atomic E-state index is 0.0338. The molecular formula is C15H20N2O3S. The maximum Gasteiger partial charge on any atom is 0.270 e. The number of benzene rings is 1. The van der Waals surface area contributed by atoms with Gasteiger partial charge in [0, 0.05) is 47.0 Å². The predicted octanol–water partition coefficient (Wildman–Crippen LogP) is 3.52. The molecule has 0 N–H and O–H groups in total. The third kappa shape index (κ3) is 3.75. The number of ketones is 1. The van der Waals surface area contributed by atoms with E-state index in [1.807, 2.05) is 11.8 Å². The first-order valence-corrected chi connectivity index (χ1v) is 7.97. The fraction of sp³-hybridized carbons (Fsp3) is 0.533. The first kappa shape index (κ1) is 15.8. The Balaban J connectivity index is 2.34. The first-order valence-electron chi connectivity index (χ1n) is 6.98. The number of non-ortho nitro benzene ring substituents is 1. The van der Waals surface area contributed by atoms with Crippen LogP contribution in [0.4, 0.5) is 11.4 Å². The minimum atomic E-state index is -0.461. The predicted molar refractivity (Wildman–Crippen MR) is 86.5 cm³/mol. The van der Waals surface area contributed by atoms with Gasteiger partial charge in [-0.05, 0) is 19.4 Å². The van der Waals surface area contributed by atoms with Crippen molar-refractivity contribution in [3.8, 4) is 0 Å². The number of nitro benzene ring substituents is 1. The van der Waals surface area contributed by atoms with Gasteiger partial charge in [-0.1, -0.05) is 13.8 Å². The summed E-state index contributed by atoms with van der Waals surface area (Å²) in [4.78, 5) is 24.4. The molecule has 2 rings (SSSR count). The molecule has 1 heterocycles. The summed E-state index contributed by atoms with van der Waals surface area (Å²) in [7, 11) is 0. The molecule has 1 aromatic carbocycles. The average molecular weight is 308 g/mol. The van der Waals surface area contributed by atoms with Crippen LogP contribution in [0.1, 0.15) is 37.6 Å². The number of hydrogen-bond donors (Lipinski definition) is 0. The van der Waals surface area contributed by atoms with Gasteiger partial charge < -0.3 is 4.90 Å². The quantitative estimate of drug-likeness (QED) is 0.485. The zero-order chi connectivity index (χ0) is 15.6. The first-order chi connectivity index (χ1) is 9.80.